The van der Waals surface area contributed by atoms with E-state index in [9.17, 15) is 0 Å². The van der Waals surface area contributed by atoms with Crippen LogP contribution in [0.3, 0.4) is 0 Å². The summed E-state index contributed by atoms with van der Waals surface area (Å²) in [7, 11) is 0. The maximum Gasteiger partial charge on any atom is 0.150 e. The fourth-order valence-electron chi connectivity index (χ4n) is 2.52. The monoisotopic (exact) mass is 304 g/mol. The Kier molecular flexibility index (Phi) is 4.06. The van der Waals surface area contributed by atoms with E-state index >= 15 is 0 Å². The number of anilines is 3. The molecule has 1 atom stereocenters. The van der Waals surface area contributed by atoms with Gasteiger partial charge in [-0.3, -0.25) is 0 Å². The smallest absolute Gasteiger partial charge is 0.150 e. The van der Waals surface area contributed by atoms with Crippen LogP contribution >= 0.6 is 11.6 Å². The molecule has 21 heavy (non-hydrogen) atoms. The van der Waals surface area contributed by atoms with Crippen LogP contribution in [0.15, 0.2) is 30.7 Å². The molecule has 1 aliphatic heterocycles. The summed E-state index contributed by atoms with van der Waals surface area (Å²) in [4.78, 5) is 14.7. The number of nitrogen functional groups attached to an aromatic ring is 1. The van der Waals surface area contributed by atoms with Gasteiger partial charge >= 0.3 is 0 Å². The molecule has 3 heterocycles. The Bertz CT molecular complexity index is 606. The molecule has 0 spiro atoms. The Balaban J connectivity index is 1.70. The number of nitrogens with zero attached hydrogens (tertiary/aromatic N) is 4. The lowest BCUT2D eigenvalue weighted by Gasteiger charge is -2.34. The number of pyridine rings is 1. The zero-order valence-corrected chi connectivity index (χ0v) is 12.3. The van der Waals surface area contributed by atoms with Gasteiger partial charge < -0.3 is 16.0 Å². The van der Waals surface area contributed by atoms with Crippen molar-refractivity contribution in [1.82, 2.24) is 15.0 Å². The van der Waals surface area contributed by atoms with Crippen LogP contribution in [-0.4, -0.2) is 34.1 Å². The molecule has 3 N–H and O–H groups in total. The van der Waals surface area contributed by atoms with E-state index in [1.807, 2.05) is 24.4 Å². The van der Waals surface area contributed by atoms with Crippen molar-refractivity contribution in [1.29, 1.82) is 0 Å². The first-order valence-corrected chi connectivity index (χ1v) is 7.30. The van der Waals surface area contributed by atoms with Crippen molar-refractivity contribution in [3.8, 4) is 0 Å². The molecule has 1 aliphatic rings. The van der Waals surface area contributed by atoms with Crippen molar-refractivity contribution in [2.24, 2.45) is 0 Å². The van der Waals surface area contributed by atoms with Gasteiger partial charge in [0.25, 0.3) is 0 Å². The predicted molar refractivity (Wildman–Crippen MR) is 84.5 cm³/mol. The molecular weight excluding hydrogens is 288 g/mol. The van der Waals surface area contributed by atoms with Crippen molar-refractivity contribution in [3.05, 3.63) is 35.7 Å². The second-order valence-electron chi connectivity index (χ2n) is 5.04. The van der Waals surface area contributed by atoms with Crippen molar-refractivity contribution in [3.63, 3.8) is 0 Å². The molecule has 7 heteroatoms. The van der Waals surface area contributed by atoms with Crippen LogP contribution in [0.1, 0.15) is 12.8 Å². The Hall–Kier alpha value is -2.08. The SMILES string of the molecule is Nc1ncnc(NC2CCCN(c3ccccn3)C2)c1Cl. The van der Waals surface area contributed by atoms with Crippen LogP contribution in [0.25, 0.3) is 0 Å². The summed E-state index contributed by atoms with van der Waals surface area (Å²) < 4.78 is 0. The number of nitrogens with two attached hydrogens (primary N) is 1. The molecule has 0 aliphatic carbocycles. The van der Waals surface area contributed by atoms with Gasteiger partial charge in [-0.2, -0.15) is 0 Å². The van der Waals surface area contributed by atoms with E-state index in [0.717, 1.165) is 31.7 Å². The maximum atomic E-state index is 6.13. The highest BCUT2D eigenvalue weighted by atomic mass is 35.5. The van der Waals surface area contributed by atoms with Crippen molar-refractivity contribution < 1.29 is 0 Å². The normalized spacial score (nSPS) is 18.5. The average molecular weight is 305 g/mol. The molecule has 1 fully saturated rings. The molecule has 6 nitrogen and oxygen atoms in total. The van der Waals surface area contributed by atoms with Gasteiger partial charge in [-0.25, -0.2) is 15.0 Å². The number of rotatable bonds is 3. The fourth-order valence-corrected chi connectivity index (χ4v) is 2.67. The predicted octanol–water partition coefficient (Wildman–Crippen LogP) is 2.19. The molecule has 0 aromatic carbocycles. The second-order valence-corrected chi connectivity index (χ2v) is 5.42. The number of hydrogen-bond acceptors (Lipinski definition) is 6. The summed E-state index contributed by atoms with van der Waals surface area (Å²) in [5, 5.41) is 3.74. The molecule has 0 radical (unpaired) electrons. The van der Waals surface area contributed by atoms with E-state index < -0.39 is 0 Å². The molecule has 1 unspecified atom stereocenters. The maximum absolute atomic E-state index is 6.13. The highest BCUT2D eigenvalue weighted by molar-refractivity contribution is 6.35. The lowest BCUT2D eigenvalue weighted by Crippen LogP contribution is -2.42. The number of halogens is 1. The summed E-state index contributed by atoms with van der Waals surface area (Å²) in [5.41, 5.74) is 5.70. The minimum Gasteiger partial charge on any atom is -0.382 e. The van der Waals surface area contributed by atoms with Crippen LogP contribution in [0, 0.1) is 0 Å². The number of nitrogens with one attached hydrogen (secondary N) is 1. The first kappa shape index (κ1) is 13.9. The molecule has 0 saturated carbocycles. The second kappa shape index (κ2) is 6.13. The van der Waals surface area contributed by atoms with Crippen molar-refractivity contribution in [2.75, 3.05) is 29.0 Å². The Labute approximate surface area is 128 Å². The third kappa shape index (κ3) is 3.16. The molecule has 2 aromatic rings. The lowest BCUT2D eigenvalue weighted by molar-refractivity contribution is 0.525. The van der Waals surface area contributed by atoms with E-state index in [1.54, 1.807) is 0 Å². The standard InChI is InChI=1S/C14H17ClN6/c15-12-13(16)18-9-19-14(12)20-10-4-3-7-21(8-10)11-5-1-2-6-17-11/h1-2,5-6,9-10H,3-4,7-8H2,(H3,16,18,19,20). The largest absolute Gasteiger partial charge is 0.382 e. The summed E-state index contributed by atoms with van der Waals surface area (Å²) in [5.74, 6) is 1.89. The Morgan fingerprint density at radius 3 is 3.00 bits per heavy atom. The fraction of sp³-hybridized carbons (Fsp3) is 0.357. The van der Waals surface area contributed by atoms with Crippen molar-refractivity contribution in [2.45, 2.75) is 18.9 Å². The van der Waals surface area contributed by atoms with E-state index in [0.29, 0.717) is 16.7 Å². The highest BCUT2D eigenvalue weighted by Crippen LogP contribution is 2.26. The Morgan fingerprint density at radius 1 is 1.29 bits per heavy atom. The van der Waals surface area contributed by atoms with E-state index in [1.165, 1.54) is 6.33 Å². The van der Waals surface area contributed by atoms with Crippen molar-refractivity contribution >= 4 is 29.1 Å². The van der Waals surface area contributed by atoms with Gasteiger partial charge in [-0.15, -0.1) is 0 Å². The minimum atomic E-state index is 0.257. The first-order chi connectivity index (χ1) is 10.2. The summed E-state index contributed by atoms with van der Waals surface area (Å²) in [6.07, 6.45) is 5.38. The third-order valence-corrected chi connectivity index (χ3v) is 3.92. The lowest BCUT2D eigenvalue weighted by atomic mass is 10.1. The van der Waals surface area contributed by atoms with Gasteiger partial charge in [0.2, 0.25) is 0 Å². The van der Waals surface area contributed by atoms with Gasteiger partial charge in [0.15, 0.2) is 5.82 Å². The number of piperidine rings is 1. The first-order valence-electron chi connectivity index (χ1n) is 6.92. The molecule has 3 rings (SSSR count). The average Bonchev–Trinajstić information content (AvgIpc) is 2.53. The topological polar surface area (TPSA) is 80.0 Å². The summed E-state index contributed by atoms with van der Waals surface area (Å²) in [6, 6.07) is 6.21. The van der Waals surface area contributed by atoms with Gasteiger partial charge in [0, 0.05) is 25.3 Å². The molecule has 110 valence electrons. The molecule has 1 saturated heterocycles. The van der Waals surface area contributed by atoms with Crippen LogP contribution in [0.2, 0.25) is 5.02 Å². The molecule has 0 bridgehead atoms. The summed E-state index contributed by atoms with van der Waals surface area (Å²) >= 11 is 6.13. The van der Waals surface area contributed by atoms with Gasteiger partial charge in [0.05, 0.1) is 0 Å². The van der Waals surface area contributed by atoms with Crippen LogP contribution in [0.5, 0.6) is 0 Å². The number of hydrogen-bond donors (Lipinski definition) is 2. The van der Waals surface area contributed by atoms with Gasteiger partial charge in [-0.1, -0.05) is 17.7 Å². The number of aromatic nitrogens is 3. The third-order valence-electron chi connectivity index (χ3n) is 3.55. The van der Waals surface area contributed by atoms with E-state index in [-0.39, 0.29) is 6.04 Å². The van der Waals surface area contributed by atoms with Crippen LogP contribution in [0.4, 0.5) is 17.5 Å². The van der Waals surface area contributed by atoms with Crippen LogP contribution in [-0.2, 0) is 0 Å². The molecule has 2 aromatic heterocycles. The van der Waals surface area contributed by atoms with E-state index in [4.69, 9.17) is 17.3 Å². The zero-order valence-electron chi connectivity index (χ0n) is 11.5. The zero-order chi connectivity index (χ0) is 14.7. The van der Waals surface area contributed by atoms with Gasteiger partial charge in [-0.05, 0) is 25.0 Å². The highest BCUT2D eigenvalue weighted by Gasteiger charge is 2.22. The summed E-state index contributed by atoms with van der Waals surface area (Å²) in [6.45, 7) is 1.87. The quantitative estimate of drug-likeness (QED) is 0.905. The minimum absolute atomic E-state index is 0.257. The van der Waals surface area contributed by atoms with E-state index in [2.05, 4.69) is 25.2 Å². The van der Waals surface area contributed by atoms with Crippen LogP contribution < -0.4 is 16.0 Å². The molecule has 0 amide bonds. The molecular formula is C14H17ClN6. The van der Waals surface area contributed by atoms with Gasteiger partial charge in [0.1, 0.15) is 23.0 Å². The Morgan fingerprint density at radius 2 is 2.19 bits per heavy atom.